The van der Waals surface area contributed by atoms with E-state index >= 15 is 0 Å². The predicted molar refractivity (Wildman–Crippen MR) is 62.6 cm³/mol. The molecule has 1 aromatic carbocycles. The second-order valence-electron chi connectivity index (χ2n) is 2.79. The van der Waals surface area contributed by atoms with Crippen LogP contribution in [-0.4, -0.2) is 0 Å². The van der Waals surface area contributed by atoms with E-state index in [1.54, 1.807) is 6.07 Å². The van der Waals surface area contributed by atoms with Crippen molar-refractivity contribution in [3.05, 3.63) is 33.1 Å². The molecule has 0 aliphatic carbocycles. The van der Waals surface area contributed by atoms with E-state index in [-0.39, 0.29) is 11.9 Å². The summed E-state index contributed by atoms with van der Waals surface area (Å²) in [5, 5.41) is 0. The van der Waals surface area contributed by atoms with Crippen LogP contribution >= 0.6 is 22.6 Å². The number of hydrogen-bond donors (Lipinski definition) is 2. The van der Waals surface area contributed by atoms with Crippen LogP contribution < -0.4 is 11.3 Å². The molecule has 1 rings (SSSR count). The maximum absolute atomic E-state index is 12.8. The fourth-order valence-corrected chi connectivity index (χ4v) is 2.01. The Hall–Kier alpha value is -0.640. The molecule has 1 aromatic rings. The Morgan fingerprint density at radius 1 is 1.64 bits per heavy atom. The molecular formula is C10H10FIN2. The summed E-state index contributed by atoms with van der Waals surface area (Å²) in [5.41, 5.74) is 3.53. The van der Waals surface area contributed by atoms with Crippen LogP contribution in [0.1, 0.15) is 18.0 Å². The highest BCUT2D eigenvalue weighted by atomic mass is 127. The Labute approximate surface area is 96.2 Å². The van der Waals surface area contributed by atoms with Crippen LogP contribution in [0.4, 0.5) is 4.39 Å². The molecule has 0 saturated carbocycles. The number of rotatable bonds is 3. The molecule has 74 valence electrons. The number of hydrogen-bond acceptors (Lipinski definition) is 2. The van der Waals surface area contributed by atoms with Gasteiger partial charge in [-0.3, -0.25) is 11.3 Å². The van der Waals surface area contributed by atoms with Gasteiger partial charge in [0.15, 0.2) is 0 Å². The second-order valence-corrected chi connectivity index (χ2v) is 3.96. The molecule has 14 heavy (non-hydrogen) atoms. The van der Waals surface area contributed by atoms with Gasteiger partial charge in [0.1, 0.15) is 5.82 Å². The summed E-state index contributed by atoms with van der Waals surface area (Å²) in [7, 11) is 0. The fraction of sp³-hybridized carbons (Fsp3) is 0.200. The Morgan fingerprint density at radius 3 is 2.86 bits per heavy atom. The molecule has 0 radical (unpaired) electrons. The van der Waals surface area contributed by atoms with E-state index in [0.29, 0.717) is 6.42 Å². The Morgan fingerprint density at radius 2 is 2.36 bits per heavy atom. The maximum Gasteiger partial charge on any atom is 0.124 e. The monoisotopic (exact) mass is 304 g/mol. The molecule has 0 aliphatic heterocycles. The molecule has 4 heteroatoms. The minimum atomic E-state index is -0.255. The molecule has 0 saturated heterocycles. The minimum Gasteiger partial charge on any atom is -0.271 e. The van der Waals surface area contributed by atoms with Gasteiger partial charge < -0.3 is 0 Å². The summed E-state index contributed by atoms with van der Waals surface area (Å²) in [5.74, 6) is 7.62. The Kier molecular flexibility index (Phi) is 4.32. The fourth-order valence-electron chi connectivity index (χ4n) is 1.16. The lowest BCUT2D eigenvalue weighted by molar-refractivity contribution is 0.562. The van der Waals surface area contributed by atoms with Gasteiger partial charge in [0, 0.05) is 9.99 Å². The first-order valence-electron chi connectivity index (χ1n) is 4.03. The number of terminal acetylenes is 1. The summed E-state index contributed by atoms with van der Waals surface area (Å²) in [6.07, 6.45) is 5.68. The van der Waals surface area contributed by atoms with Gasteiger partial charge in [-0.1, -0.05) is 6.07 Å². The third-order valence-corrected chi connectivity index (χ3v) is 2.80. The van der Waals surface area contributed by atoms with Crippen molar-refractivity contribution in [3.8, 4) is 12.3 Å². The predicted octanol–water partition coefficient (Wildman–Crippen LogP) is 1.96. The van der Waals surface area contributed by atoms with E-state index in [9.17, 15) is 4.39 Å². The van der Waals surface area contributed by atoms with E-state index in [2.05, 4.69) is 33.9 Å². The molecule has 0 fully saturated rings. The SMILES string of the molecule is C#CCC(NN)c1ccc(F)cc1I. The molecule has 0 spiro atoms. The normalized spacial score (nSPS) is 12.1. The van der Waals surface area contributed by atoms with Gasteiger partial charge in [-0.05, 0) is 40.3 Å². The molecular weight excluding hydrogens is 294 g/mol. The topological polar surface area (TPSA) is 38.0 Å². The largest absolute Gasteiger partial charge is 0.271 e. The second kappa shape index (κ2) is 5.29. The van der Waals surface area contributed by atoms with Crippen LogP contribution in [-0.2, 0) is 0 Å². The minimum absolute atomic E-state index is 0.118. The van der Waals surface area contributed by atoms with Crippen molar-refractivity contribution < 1.29 is 4.39 Å². The van der Waals surface area contributed by atoms with Crippen molar-refractivity contribution in [1.29, 1.82) is 0 Å². The number of nitrogens with one attached hydrogen (secondary N) is 1. The van der Waals surface area contributed by atoms with Crippen LogP contribution in [0.3, 0.4) is 0 Å². The van der Waals surface area contributed by atoms with Crippen LogP contribution in [0.2, 0.25) is 0 Å². The van der Waals surface area contributed by atoms with Gasteiger partial charge in [0.2, 0.25) is 0 Å². The van der Waals surface area contributed by atoms with E-state index in [1.165, 1.54) is 12.1 Å². The van der Waals surface area contributed by atoms with Gasteiger partial charge >= 0.3 is 0 Å². The zero-order valence-corrected chi connectivity index (χ0v) is 9.58. The van der Waals surface area contributed by atoms with E-state index in [0.717, 1.165) is 9.13 Å². The molecule has 0 bridgehead atoms. The highest BCUT2D eigenvalue weighted by molar-refractivity contribution is 14.1. The van der Waals surface area contributed by atoms with E-state index in [4.69, 9.17) is 12.3 Å². The van der Waals surface area contributed by atoms with Crippen LogP contribution in [0, 0.1) is 21.7 Å². The number of nitrogens with two attached hydrogens (primary N) is 1. The van der Waals surface area contributed by atoms with Crippen molar-refractivity contribution in [1.82, 2.24) is 5.43 Å². The summed E-state index contributed by atoms with van der Waals surface area (Å²) in [6.45, 7) is 0. The molecule has 0 aromatic heterocycles. The third-order valence-electron chi connectivity index (χ3n) is 1.86. The molecule has 1 atom stereocenters. The molecule has 0 aliphatic rings. The van der Waals surface area contributed by atoms with Crippen molar-refractivity contribution in [2.75, 3.05) is 0 Å². The number of halogens is 2. The smallest absolute Gasteiger partial charge is 0.124 e. The Bertz CT molecular complexity index is 360. The van der Waals surface area contributed by atoms with E-state index in [1.807, 2.05) is 0 Å². The van der Waals surface area contributed by atoms with Crippen molar-refractivity contribution in [2.24, 2.45) is 5.84 Å². The molecule has 1 unspecified atom stereocenters. The third kappa shape index (κ3) is 2.67. The summed E-state index contributed by atoms with van der Waals surface area (Å²) in [4.78, 5) is 0. The lowest BCUT2D eigenvalue weighted by Crippen LogP contribution is -2.28. The molecule has 0 amide bonds. The zero-order chi connectivity index (χ0) is 10.6. The van der Waals surface area contributed by atoms with Gasteiger partial charge in [-0.25, -0.2) is 4.39 Å². The lowest BCUT2D eigenvalue weighted by atomic mass is 10.1. The van der Waals surface area contributed by atoms with Gasteiger partial charge in [-0.2, -0.15) is 0 Å². The van der Waals surface area contributed by atoms with Gasteiger partial charge in [-0.15, -0.1) is 12.3 Å². The first-order valence-corrected chi connectivity index (χ1v) is 5.11. The van der Waals surface area contributed by atoms with Crippen molar-refractivity contribution in [2.45, 2.75) is 12.5 Å². The van der Waals surface area contributed by atoms with Gasteiger partial charge in [0.25, 0.3) is 0 Å². The standard InChI is InChI=1S/C10H10FIN2/c1-2-3-10(14-13)8-5-4-7(11)6-9(8)12/h1,4-6,10,14H,3,13H2. The van der Waals surface area contributed by atoms with Gasteiger partial charge in [0.05, 0.1) is 6.04 Å². The highest BCUT2D eigenvalue weighted by Crippen LogP contribution is 2.22. The average Bonchev–Trinajstić information content (AvgIpc) is 2.15. The van der Waals surface area contributed by atoms with Crippen molar-refractivity contribution in [3.63, 3.8) is 0 Å². The molecule has 0 heterocycles. The average molecular weight is 304 g/mol. The number of benzene rings is 1. The van der Waals surface area contributed by atoms with Crippen LogP contribution in [0.15, 0.2) is 18.2 Å². The summed E-state index contributed by atoms with van der Waals surface area (Å²) in [6, 6.07) is 4.43. The van der Waals surface area contributed by atoms with Crippen molar-refractivity contribution >= 4 is 22.6 Å². The first-order chi connectivity index (χ1) is 6.69. The van der Waals surface area contributed by atoms with Crippen LogP contribution in [0.25, 0.3) is 0 Å². The maximum atomic E-state index is 12.8. The zero-order valence-electron chi connectivity index (χ0n) is 7.43. The highest BCUT2D eigenvalue weighted by Gasteiger charge is 2.11. The summed E-state index contributed by atoms with van der Waals surface area (Å²) < 4.78 is 13.6. The molecule has 2 nitrogen and oxygen atoms in total. The van der Waals surface area contributed by atoms with E-state index < -0.39 is 0 Å². The molecule has 3 N–H and O–H groups in total. The van der Waals surface area contributed by atoms with Crippen LogP contribution in [0.5, 0.6) is 0 Å². The number of hydrazine groups is 1. The quantitative estimate of drug-likeness (QED) is 0.388. The Balaban J connectivity index is 2.99. The lowest BCUT2D eigenvalue weighted by Gasteiger charge is -2.14. The summed E-state index contributed by atoms with van der Waals surface area (Å²) >= 11 is 2.06. The first kappa shape index (κ1) is 11.4.